The van der Waals surface area contributed by atoms with E-state index in [1.54, 1.807) is 0 Å². The highest BCUT2D eigenvalue weighted by molar-refractivity contribution is 7.86. The van der Waals surface area contributed by atoms with Gasteiger partial charge in [-0.2, -0.15) is 8.42 Å². The molecule has 0 spiro atoms. The molecule has 3 nitrogen and oxygen atoms in total. The van der Waals surface area contributed by atoms with Gasteiger partial charge < -0.3 is 0 Å². The zero-order valence-corrected chi connectivity index (χ0v) is 32.6. The molecule has 1 N–H and O–H groups in total. The van der Waals surface area contributed by atoms with Gasteiger partial charge in [0.1, 0.15) is 0 Å². The fourth-order valence-corrected chi connectivity index (χ4v) is 8.08. The molecule has 0 aromatic rings. The Hall–Kier alpha value is -0.0900. The van der Waals surface area contributed by atoms with Crippen LogP contribution in [0.25, 0.3) is 0 Å². The van der Waals surface area contributed by atoms with Crippen molar-refractivity contribution >= 4 is 10.1 Å². The first-order chi connectivity index (χ1) is 22.5. The molecule has 0 aromatic heterocycles. The van der Waals surface area contributed by atoms with E-state index in [0.717, 1.165) is 12.8 Å². The topological polar surface area (TPSA) is 54.4 Å². The summed E-state index contributed by atoms with van der Waals surface area (Å²) in [7, 11) is -3.85. The SMILES string of the molecule is CCCCCCCCCCCCCCCCCCCCCCCCCCCCCCCCCCCCCCCC(CC)S(=O)(=O)O. The quantitative estimate of drug-likeness (QED) is 0.0521. The molecule has 0 saturated heterocycles. The van der Waals surface area contributed by atoms with Crippen molar-refractivity contribution < 1.29 is 13.0 Å². The summed E-state index contributed by atoms with van der Waals surface area (Å²) in [4.78, 5) is 0. The van der Waals surface area contributed by atoms with Crippen LogP contribution in [0.1, 0.15) is 264 Å². The van der Waals surface area contributed by atoms with Crippen LogP contribution in [0.4, 0.5) is 0 Å². The third kappa shape index (κ3) is 36.7. The molecule has 0 aliphatic rings. The van der Waals surface area contributed by atoms with E-state index in [1.165, 1.54) is 225 Å². The average Bonchev–Trinajstić information content (AvgIpc) is 3.03. The van der Waals surface area contributed by atoms with Crippen LogP contribution in [0.3, 0.4) is 0 Å². The van der Waals surface area contributed by atoms with Gasteiger partial charge in [-0.1, -0.05) is 251 Å². The van der Waals surface area contributed by atoms with E-state index in [1.807, 2.05) is 6.92 Å². The normalized spacial score (nSPS) is 12.7. The Bertz CT molecular complexity index is 662. The molecule has 1 atom stereocenters. The molecule has 4 heteroatoms. The van der Waals surface area contributed by atoms with E-state index in [-0.39, 0.29) is 0 Å². The van der Waals surface area contributed by atoms with Crippen molar-refractivity contribution in [3.8, 4) is 0 Å². The highest BCUT2D eigenvalue weighted by Crippen LogP contribution is 2.18. The van der Waals surface area contributed by atoms with E-state index in [4.69, 9.17) is 0 Å². The van der Waals surface area contributed by atoms with Crippen molar-refractivity contribution in [2.24, 2.45) is 0 Å². The van der Waals surface area contributed by atoms with E-state index >= 15 is 0 Å². The van der Waals surface area contributed by atoms with Crippen molar-refractivity contribution in [3.63, 3.8) is 0 Å². The van der Waals surface area contributed by atoms with Crippen LogP contribution >= 0.6 is 0 Å². The highest BCUT2D eigenvalue weighted by atomic mass is 32.2. The van der Waals surface area contributed by atoms with Gasteiger partial charge in [-0.3, -0.25) is 4.55 Å². The third-order valence-electron chi connectivity index (χ3n) is 10.5. The first-order valence-electron chi connectivity index (χ1n) is 21.5. The monoisotopic (exact) mass is 671 g/mol. The lowest BCUT2D eigenvalue weighted by Crippen LogP contribution is -2.19. The van der Waals surface area contributed by atoms with Gasteiger partial charge in [0.2, 0.25) is 0 Å². The smallest absolute Gasteiger partial charge is 0.267 e. The van der Waals surface area contributed by atoms with Gasteiger partial charge in [-0.05, 0) is 12.8 Å². The molecule has 0 aromatic carbocycles. The molecule has 0 bridgehead atoms. The second kappa shape index (κ2) is 37.7. The van der Waals surface area contributed by atoms with Crippen LogP contribution in [0.15, 0.2) is 0 Å². The summed E-state index contributed by atoms with van der Waals surface area (Å²) >= 11 is 0. The van der Waals surface area contributed by atoms with Gasteiger partial charge in [-0.25, -0.2) is 0 Å². The predicted octanol–water partition coefficient (Wildman–Crippen LogP) is 15.5. The Kier molecular flexibility index (Phi) is 37.7. The molecule has 0 radical (unpaired) electrons. The fraction of sp³-hybridized carbons (Fsp3) is 1.00. The number of unbranched alkanes of at least 4 members (excludes halogenated alkanes) is 36. The molecule has 278 valence electrons. The van der Waals surface area contributed by atoms with Gasteiger partial charge in [0.05, 0.1) is 5.25 Å². The van der Waals surface area contributed by atoms with Crippen LogP contribution in [0.5, 0.6) is 0 Å². The number of hydrogen-bond donors (Lipinski definition) is 1. The summed E-state index contributed by atoms with van der Waals surface area (Å²) in [6.07, 6.45) is 53.4. The Labute approximate surface area is 291 Å². The van der Waals surface area contributed by atoms with Crippen LogP contribution in [-0.2, 0) is 10.1 Å². The maximum atomic E-state index is 11.2. The van der Waals surface area contributed by atoms with E-state index in [2.05, 4.69) is 6.92 Å². The zero-order chi connectivity index (χ0) is 33.7. The average molecular weight is 671 g/mol. The van der Waals surface area contributed by atoms with Crippen LogP contribution < -0.4 is 0 Å². The van der Waals surface area contributed by atoms with Crippen LogP contribution in [0.2, 0.25) is 0 Å². The van der Waals surface area contributed by atoms with Gasteiger partial charge in [-0.15, -0.1) is 0 Å². The molecule has 46 heavy (non-hydrogen) atoms. The van der Waals surface area contributed by atoms with E-state index in [9.17, 15) is 13.0 Å². The minimum Gasteiger partial charge on any atom is -0.285 e. The molecule has 0 heterocycles. The van der Waals surface area contributed by atoms with Gasteiger partial charge in [0.15, 0.2) is 0 Å². The van der Waals surface area contributed by atoms with Crippen molar-refractivity contribution in [1.29, 1.82) is 0 Å². The molecule has 0 aliphatic heterocycles. The lowest BCUT2D eigenvalue weighted by Gasteiger charge is -2.10. The van der Waals surface area contributed by atoms with Gasteiger partial charge in [0, 0.05) is 0 Å². The molecular weight excluding hydrogens is 585 g/mol. The maximum absolute atomic E-state index is 11.2. The highest BCUT2D eigenvalue weighted by Gasteiger charge is 2.19. The Balaban J connectivity index is 3.11. The second-order valence-corrected chi connectivity index (χ2v) is 16.8. The number of hydrogen-bond acceptors (Lipinski definition) is 2. The first kappa shape index (κ1) is 45.9. The summed E-state index contributed by atoms with van der Waals surface area (Å²) in [6, 6.07) is 0. The summed E-state index contributed by atoms with van der Waals surface area (Å²) in [6.45, 7) is 4.14. The lowest BCUT2D eigenvalue weighted by atomic mass is 10.0. The Morgan fingerprint density at radius 3 is 0.652 bits per heavy atom. The standard InChI is InChI=1S/C42H86O3S/c1-3-5-6-7-8-9-10-11-12-13-14-15-16-17-18-19-20-21-22-23-24-25-26-27-28-29-30-31-32-33-34-35-36-37-38-39-40-41-42(4-2)46(43,44)45/h42H,3-41H2,1-2H3,(H,43,44,45). The third-order valence-corrected chi connectivity index (χ3v) is 11.9. The van der Waals surface area contributed by atoms with Crippen molar-refractivity contribution in [3.05, 3.63) is 0 Å². The zero-order valence-electron chi connectivity index (χ0n) is 31.8. The second-order valence-electron chi connectivity index (χ2n) is 15.1. The van der Waals surface area contributed by atoms with Crippen molar-refractivity contribution in [2.75, 3.05) is 0 Å². The lowest BCUT2D eigenvalue weighted by molar-refractivity contribution is 0.452. The van der Waals surface area contributed by atoms with E-state index < -0.39 is 15.4 Å². The fourth-order valence-electron chi connectivity index (χ4n) is 7.20. The van der Waals surface area contributed by atoms with E-state index in [0.29, 0.717) is 12.8 Å². The van der Waals surface area contributed by atoms with Crippen LogP contribution in [-0.4, -0.2) is 18.2 Å². The maximum Gasteiger partial charge on any atom is 0.267 e. The van der Waals surface area contributed by atoms with Crippen molar-refractivity contribution in [1.82, 2.24) is 0 Å². The van der Waals surface area contributed by atoms with Crippen LogP contribution in [0, 0.1) is 0 Å². The summed E-state index contributed by atoms with van der Waals surface area (Å²) in [5, 5.41) is -0.560. The Morgan fingerprint density at radius 1 is 0.326 bits per heavy atom. The molecule has 0 rings (SSSR count). The molecule has 0 amide bonds. The minimum atomic E-state index is -3.85. The molecule has 1 unspecified atom stereocenters. The Morgan fingerprint density at radius 2 is 0.500 bits per heavy atom. The van der Waals surface area contributed by atoms with Crippen molar-refractivity contribution in [2.45, 2.75) is 270 Å². The minimum absolute atomic E-state index is 0.512. The predicted molar refractivity (Wildman–Crippen MR) is 207 cm³/mol. The molecule has 0 saturated carbocycles. The molecule has 0 fully saturated rings. The summed E-state index contributed by atoms with van der Waals surface area (Å²) in [5.74, 6) is 0. The molecular formula is C42H86O3S. The first-order valence-corrected chi connectivity index (χ1v) is 23.0. The van der Waals surface area contributed by atoms with Gasteiger partial charge in [0.25, 0.3) is 10.1 Å². The summed E-state index contributed by atoms with van der Waals surface area (Å²) < 4.78 is 31.7. The largest absolute Gasteiger partial charge is 0.285 e. The summed E-state index contributed by atoms with van der Waals surface area (Å²) in [5.41, 5.74) is 0. The number of rotatable bonds is 40. The van der Waals surface area contributed by atoms with Gasteiger partial charge >= 0.3 is 0 Å². The molecule has 0 aliphatic carbocycles.